The van der Waals surface area contributed by atoms with Crippen LogP contribution in [0.4, 0.5) is 4.39 Å². The van der Waals surface area contributed by atoms with Gasteiger partial charge in [-0.15, -0.1) is 0 Å². The Kier molecular flexibility index (Phi) is 2.49. The molecule has 0 atom stereocenters. The normalized spacial score (nSPS) is 14.9. The third kappa shape index (κ3) is 1.85. The molecule has 0 aromatic heterocycles. The quantitative estimate of drug-likeness (QED) is 0.782. The summed E-state index contributed by atoms with van der Waals surface area (Å²) in [6, 6.07) is 11.0. The standard InChI is InChI=1S/C18H13FO/c19-15-8-7-13-10-16(11-14(13)9-15)20-18-6-2-4-12-3-1-5-17(12)18/h1-4,6-10H,5,11H2. The minimum atomic E-state index is -0.191. The molecule has 0 amide bonds. The molecule has 0 radical (unpaired) electrons. The van der Waals surface area contributed by atoms with Crippen molar-refractivity contribution in [1.82, 2.24) is 0 Å². The molecule has 0 unspecified atom stereocenters. The van der Waals surface area contributed by atoms with Crippen LogP contribution in [0.15, 0.2) is 48.2 Å². The summed E-state index contributed by atoms with van der Waals surface area (Å²) in [6.45, 7) is 0. The van der Waals surface area contributed by atoms with Gasteiger partial charge in [0.1, 0.15) is 17.3 Å². The maximum atomic E-state index is 13.2. The van der Waals surface area contributed by atoms with Crippen LogP contribution in [-0.4, -0.2) is 0 Å². The minimum Gasteiger partial charge on any atom is -0.461 e. The molecular formula is C18H13FO. The van der Waals surface area contributed by atoms with E-state index in [2.05, 4.69) is 18.2 Å². The van der Waals surface area contributed by atoms with Gasteiger partial charge in [0.15, 0.2) is 0 Å². The Labute approximate surface area is 117 Å². The van der Waals surface area contributed by atoms with Crippen molar-refractivity contribution < 1.29 is 9.13 Å². The molecule has 2 aromatic rings. The molecule has 2 aromatic carbocycles. The minimum absolute atomic E-state index is 0.191. The van der Waals surface area contributed by atoms with Gasteiger partial charge in [0.2, 0.25) is 0 Å². The molecule has 0 fully saturated rings. The molecule has 20 heavy (non-hydrogen) atoms. The zero-order valence-electron chi connectivity index (χ0n) is 10.9. The second-order valence-electron chi connectivity index (χ2n) is 5.16. The first-order valence-electron chi connectivity index (χ1n) is 6.75. The number of fused-ring (bicyclic) bond motifs is 2. The summed E-state index contributed by atoms with van der Waals surface area (Å²) in [4.78, 5) is 0. The highest BCUT2D eigenvalue weighted by Gasteiger charge is 2.17. The summed E-state index contributed by atoms with van der Waals surface area (Å²) in [7, 11) is 0. The van der Waals surface area contributed by atoms with Crippen molar-refractivity contribution >= 4 is 12.2 Å². The maximum Gasteiger partial charge on any atom is 0.131 e. The number of hydrogen-bond donors (Lipinski definition) is 0. The topological polar surface area (TPSA) is 9.23 Å². The summed E-state index contributed by atoms with van der Waals surface area (Å²) in [5.41, 5.74) is 4.50. The zero-order valence-corrected chi connectivity index (χ0v) is 10.9. The van der Waals surface area contributed by atoms with Crippen molar-refractivity contribution in [2.75, 3.05) is 0 Å². The van der Waals surface area contributed by atoms with Gasteiger partial charge in [0.05, 0.1) is 0 Å². The molecule has 0 aliphatic heterocycles. The lowest BCUT2D eigenvalue weighted by molar-refractivity contribution is 0.417. The Morgan fingerprint density at radius 2 is 2.00 bits per heavy atom. The van der Waals surface area contributed by atoms with Gasteiger partial charge >= 0.3 is 0 Å². The monoisotopic (exact) mass is 264 g/mol. The van der Waals surface area contributed by atoms with Crippen LogP contribution in [0.5, 0.6) is 5.75 Å². The Morgan fingerprint density at radius 1 is 1.05 bits per heavy atom. The van der Waals surface area contributed by atoms with Gasteiger partial charge in [-0.1, -0.05) is 30.4 Å². The molecule has 0 heterocycles. The fourth-order valence-corrected chi connectivity index (χ4v) is 2.84. The number of rotatable bonds is 2. The van der Waals surface area contributed by atoms with Gasteiger partial charge < -0.3 is 4.74 Å². The summed E-state index contributed by atoms with van der Waals surface area (Å²) in [5, 5.41) is 0. The highest BCUT2D eigenvalue weighted by molar-refractivity contribution is 5.66. The van der Waals surface area contributed by atoms with Crippen molar-refractivity contribution in [3.63, 3.8) is 0 Å². The number of allylic oxidation sites excluding steroid dienone is 2. The predicted octanol–water partition coefficient (Wildman–Crippen LogP) is 4.37. The van der Waals surface area contributed by atoms with Gasteiger partial charge in [0, 0.05) is 12.0 Å². The van der Waals surface area contributed by atoms with Crippen molar-refractivity contribution in [2.45, 2.75) is 12.8 Å². The van der Waals surface area contributed by atoms with Crippen LogP contribution >= 0.6 is 0 Å². The first kappa shape index (κ1) is 11.5. The molecule has 0 N–H and O–H groups in total. The van der Waals surface area contributed by atoms with Crippen LogP contribution in [0.3, 0.4) is 0 Å². The highest BCUT2D eigenvalue weighted by atomic mass is 19.1. The van der Waals surface area contributed by atoms with E-state index < -0.39 is 0 Å². The third-order valence-corrected chi connectivity index (χ3v) is 3.82. The molecule has 0 spiro atoms. The predicted molar refractivity (Wildman–Crippen MR) is 77.9 cm³/mol. The van der Waals surface area contributed by atoms with Crippen LogP contribution in [-0.2, 0) is 12.8 Å². The number of hydrogen-bond acceptors (Lipinski definition) is 1. The molecular weight excluding hydrogens is 251 g/mol. The first-order valence-corrected chi connectivity index (χ1v) is 6.75. The zero-order chi connectivity index (χ0) is 13.5. The average Bonchev–Trinajstić information content (AvgIpc) is 3.04. The lowest BCUT2D eigenvalue weighted by Gasteiger charge is -2.11. The van der Waals surface area contributed by atoms with Crippen molar-refractivity contribution in [3.8, 4) is 5.75 Å². The van der Waals surface area contributed by atoms with Crippen LogP contribution in [0.1, 0.15) is 22.3 Å². The molecule has 1 nitrogen and oxygen atoms in total. The summed E-state index contributed by atoms with van der Waals surface area (Å²) < 4.78 is 19.3. The van der Waals surface area contributed by atoms with E-state index in [4.69, 9.17) is 4.74 Å². The number of benzene rings is 2. The molecule has 2 aliphatic rings. The largest absolute Gasteiger partial charge is 0.461 e. The fourth-order valence-electron chi connectivity index (χ4n) is 2.84. The molecule has 0 saturated carbocycles. The Bertz CT molecular complexity index is 756. The lowest BCUT2D eigenvalue weighted by Crippen LogP contribution is -1.98. The number of halogens is 1. The molecule has 0 bridgehead atoms. The van der Waals surface area contributed by atoms with Crippen LogP contribution < -0.4 is 4.74 Å². The van der Waals surface area contributed by atoms with E-state index in [1.54, 1.807) is 12.1 Å². The average molecular weight is 264 g/mol. The third-order valence-electron chi connectivity index (χ3n) is 3.82. The molecule has 98 valence electrons. The molecule has 2 aliphatic carbocycles. The Morgan fingerprint density at radius 3 is 2.95 bits per heavy atom. The van der Waals surface area contributed by atoms with Gasteiger partial charge in [-0.3, -0.25) is 0 Å². The summed E-state index contributed by atoms with van der Waals surface area (Å²) in [5.74, 6) is 1.60. The first-order chi connectivity index (χ1) is 9.79. The van der Waals surface area contributed by atoms with Crippen LogP contribution in [0, 0.1) is 5.82 Å². The van der Waals surface area contributed by atoms with E-state index in [1.807, 2.05) is 18.2 Å². The van der Waals surface area contributed by atoms with Crippen LogP contribution in [0.25, 0.3) is 12.2 Å². The van der Waals surface area contributed by atoms with E-state index in [1.165, 1.54) is 17.2 Å². The van der Waals surface area contributed by atoms with E-state index in [0.717, 1.165) is 29.1 Å². The second kappa shape index (κ2) is 4.34. The highest BCUT2D eigenvalue weighted by Crippen LogP contribution is 2.33. The van der Waals surface area contributed by atoms with Crippen molar-refractivity contribution in [3.05, 3.63) is 76.3 Å². The summed E-state index contributed by atoms with van der Waals surface area (Å²) >= 11 is 0. The van der Waals surface area contributed by atoms with E-state index in [0.29, 0.717) is 6.42 Å². The van der Waals surface area contributed by atoms with Gasteiger partial charge in [-0.2, -0.15) is 0 Å². The van der Waals surface area contributed by atoms with E-state index >= 15 is 0 Å². The lowest BCUT2D eigenvalue weighted by atomic mass is 10.1. The fraction of sp³-hybridized carbons (Fsp3) is 0.111. The van der Waals surface area contributed by atoms with Crippen molar-refractivity contribution in [2.24, 2.45) is 0 Å². The SMILES string of the molecule is Fc1ccc2c(c1)CC(Oc1cccc3c1CC=C3)=C2. The molecule has 0 saturated heterocycles. The van der Waals surface area contributed by atoms with E-state index in [-0.39, 0.29) is 5.82 Å². The van der Waals surface area contributed by atoms with Crippen LogP contribution in [0.2, 0.25) is 0 Å². The second-order valence-corrected chi connectivity index (χ2v) is 5.16. The maximum absolute atomic E-state index is 13.2. The number of ether oxygens (including phenoxy) is 1. The van der Waals surface area contributed by atoms with Crippen molar-refractivity contribution in [1.29, 1.82) is 0 Å². The van der Waals surface area contributed by atoms with Gasteiger partial charge in [0.25, 0.3) is 0 Å². The van der Waals surface area contributed by atoms with Gasteiger partial charge in [-0.05, 0) is 47.4 Å². The van der Waals surface area contributed by atoms with E-state index in [9.17, 15) is 4.39 Å². The Hall–Kier alpha value is -2.35. The molecule has 2 heteroatoms. The Balaban J connectivity index is 1.62. The van der Waals surface area contributed by atoms with Gasteiger partial charge in [-0.25, -0.2) is 4.39 Å². The smallest absolute Gasteiger partial charge is 0.131 e. The summed E-state index contributed by atoms with van der Waals surface area (Å²) in [6.07, 6.45) is 7.83. The molecule has 4 rings (SSSR count).